The summed E-state index contributed by atoms with van der Waals surface area (Å²) >= 11 is 6.09. The van der Waals surface area contributed by atoms with Gasteiger partial charge in [0.05, 0.1) is 11.6 Å². The van der Waals surface area contributed by atoms with Gasteiger partial charge in [0.1, 0.15) is 5.75 Å². The van der Waals surface area contributed by atoms with Gasteiger partial charge in [0.15, 0.2) is 0 Å². The fourth-order valence-electron chi connectivity index (χ4n) is 2.41. The molecule has 3 heteroatoms. The standard InChI is InChI=1S/C20H18ClNO/c21-19-14-18(22)10-11-20(19)23-13-12-15-6-8-17(9-7-15)16-4-2-1-3-5-16/h1-11,14H,12-13,22H2. The van der Waals surface area contributed by atoms with Crippen molar-refractivity contribution in [2.24, 2.45) is 0 Å². The molecule has 0 unspecified atom stereocenters. The molecule has 0 saturated carbocycles. The maximum absolute atomic E-state index is 6.09. The molecule has 3 rings (SSSR count). The van der Waals surface area contributed by atoms with E-state index in [1.54, 1.807) is 18.2 Å². The molecule has 0 aliphatic rings. The van der Waals surface area contributed by atoms with Crippen molar-refractivity contribution in [3.8, 4) is 16.9 Å². The van der Waals surface area contributed by atoms with Gasteiger partial charge in [-0.25, -0.2) is 0 Å². The van der Waals surface area contributed by atoms with Gasteiger partial charge in [-0.3, -0.25) is 0 Å². The molecule has 0 bridgehead atoms. The normalized spacial score (nSPS) is 10.5. The topological polar surface area (TPSA) is 35.2 Å². The minimum Gasteiger partial charge on any atom is -0.492 e. The van der Waals surface area contributed by atoms with Crippen molar-refractivity contribution in [2.45, 2.75) is 6.42 Å². The van der Waals surface area contributed by atoms with Crippen LogP contribution in [0.5, 0.6) is 5.75 Å². The van der Waals surface area contributed by atoms with Crippen LogP contribution in [0.15, 0.2) is 72.8 Å². The Kier molecular flexibility index (Phi) is 4.84. The van der Waals surface area contributed by atoms with Crippen LogP contribution in [0.3, 0.4) is 0 Å². The van der Waals surface area contributed by atoms with Crippen LogP contribution in [-0.2, 0) is 6.42 Å². The van der Waals surface area contributed by atoms with E-state index in [2.05, 4.69) is 36.4 Å². The zero-order valence-electron chi connectivity index (χ0n) is 12.7. The molecule has 2 N–H and O–H groups in total. The van der Waals surface area contributed by atoms with Crippen molar-refractivity contribution in [1.29, 1.82) is 0 Å². The number of nitrogen functional groups attached to an aromatic ring is 1. The summed E-state index contributed by atoms with van der Waals surface area (Å²) in [5.74, 6) is 0.668. The van der Waals surface area contributed by atoms with Crippen molar-refractivity contribution in [1.82, 2.24) is 0 Å². The molecular weight excluding hydrogens is 306 g/mol. The molecular formula is C20H18ClNO. The van der Waals surface area contributed by atoms with E-state index in [4.69, 9.17) is 22.1 Å². The lowest BCUT2D eigenvalue weighted by Crippen LogP contribution is -2.02. The zero-order chi connectivity index (χ0) is 16.1. The number of benzene rings is 3. The summed E-state index contributed by atoms with van der Waals surface area (Å²) in [5.41, 5.74) is 9.98. The number of hydrogen-bond donors (Lipinski definition) is 1. The molecule has 0 aliphatic carbocycles. The van der Waals surface area contributed by atoms with Crippen LogP contribution in [0.1, 0.15) is 5.56 Å². The van der Waals surface area contributed by atoms with Crippen LogP contribution >= 0.6 is 11.6 Å². The summed E-state index contributed by atoms with van der Waals surface area (Å²) in [6, 6.07) is 24.2. The van der Waals surface area contributed by atoms with Crippen molar-refractivity contribution < 1.29 is 4.74 Å². The fourth-order valence-corrected chi connectivity index (χ4v) is 2.65. The Morgan fingerprint density at radius 3 is 2.22 bits per heavy atom. The molecule has 3 aromatic carbocycles. The first-order chi connectivity index (χ1) is 11.2. The summed E-state index contributed by atoms with van der Waals surface area (Å²) in [7, 11) is 0. The quantitative estimate of drug-likeness (QED) is 0.654. The molecule has 0 amide bonds. The molecule has 0 aliphatic heterocycles. The molecule has 3 aromatic rings. The minimum absolute atomic E-state index is 0.546. The lowest BCUT2D eigenvalue weighted by Gasteiger charge is -2.09. The maximum atomic E-state index is 6.09. The number of hydrogen-bond acceptors (Lipinski definition) is 2. The van der Waals surface area contributed by atoms with Gasteiger partial charge in [0.2, 0.25) is 0 Å². The highest BCUT2D eigenvalue weighted by atomic mass is 35.5. The predicted octanol–water partition coefficient (Wildman–Crippen LogP) is 5.21. The minimum atomic E-state index is 0.546. The predicted molar refractivity (Wildman–Crippen MR) is 96.9 cm³/mol. The molecule has 0 heterocycles. The third-order valence-corrected chi connectivity index (χ3v) is 3.96. The summed E-state index contributed by atoms with van der Waals surface area (Å²) in [4.78, 5) is 0. The third-order valence-electron chi connectivity index (χ3n) is 3.67. The second-order valence-electron chi connectivity index (χ2n) is 5.35. The van der Waals surface area contributed by atoms with Crippen molar-refractivity contribution in [3.63, 3.8) is 0 Å². The van der Waals surface area contributed by atoms with E-state index < -0.39 is 0 Å². The molecule has 0 atom stereocenters. The van der Waals surface area contributed by atoms with Crippen LogP contribution in [0.25, 0.3) is 11.1 Å². The molecule has 0 spiro atoms. The Hall–Kier alpha value is -2.45. The summed E-state index contributed by atoms with van der Waals surface area (Å²) in [5, 5.41) is 0.546. The highest BCUT2D eigenvalue weighted by Crippen LogP contribution is 2.26. The molecule has 0 saturated heterocycles. The molecule has 0 fully saturated rings. The van der Waals surface area contributed by atoms with E-state index in [1.807, 2.05) is 18.2 Å². The van der Waals surface area contributed by atoms with E-state index in [0.717, 1.165) is 6.42 Å². The number of halogens is 1. The monoisotopic (exact) mass is 323 g/mol. The van der Waals surface area contributed by atoms with Gasteiger partial charge in [0, 0.05) is 12.1 Å². The number of anilines is 1. The molecule has 2 nitrogen and oxygen atoms in total. The Bertz CT molecular complexity index is 769. The lowest BCUT2D eigenvalue weighted by molar-refractivity contribution is 0.322. The van der Waals surface area contributed by atoms with Crippen molar-refractivity contribution >= 4 is 17.3 Å². The van der Waals surface area contributed by atoms with E-state index in [1.165, 1.54) is 16.7 Å². The van der Waals surface area contributed by atoms with Gasteiger partial charge < -0.3 is 10.5 Å². The summed E-state index contributed by atoms with van der Waals surface area (Å²) in [6.45, 7) is 0.578. The third kappa shape index (κ3) is 4.05. The molecule has 116 valence electrons. The highest BCUT2D eigenvalue weighted by Gasteiger charge is 2.02. The van der Waals surface area contributed by atoms with E-state index in [-0.39, 0.29) is 0 Å². The van der Waals surface area contributed by atoms with Gasteiger partial charge in [-0.1, -0.05) is 66.2 Å². The van der Waals surface area contributed by atoms with Crippen LogP contribution in [-0.4, -0.2) is 6.61 Å². The number of ether oxygens (including phenoxy) is 1. The van der Waals surface area contributed by atoms with Crippen LogP contribution in [0.2, 0.25) is 5.02 Å². The molecule has 0 aromatic heterocycles. The Balaban J connectivity index is 1.59. The summed E-state index contributed by atoms with van der Waals surface area (Å²) < 4.78 is 5.72. The first kappa shape index (κ1) is 15.4. The maximum Gasteiger partial charge on any atom is 0.138 e. The summed E-state index contributed by atoms with van der Waals surface area (Å²) in [6.07, 6.45) is 0.829. The second kappa shape index (κ2) is 7.21. The van der Waals surface area contributed by atoms with Crippen LogP contribution in [0.4, 0.5) is 5.69 Å². The SMILES string of the molecule is Nc1ccc(OCCc2ccc(-c3ccccc3)cc2)c(Cl)c1. The lowest BCUT2D eigenvalue weighted by atomic mass is 10.0. The van der Waals surface area contributed by atoms with E-state index in [0.29, 0.717) is 23.1 Å². The zero-order valence-corrected chi connectivity index (χ0v) is 13.5. The van der Waals surface area contributed by atoms with Crippen molar-refractivity contribution in [3.05, 3.63) is 83.4 Å². The molecule has 23 heavy (non-hydrogen) atoms. The largest absolute Gasteiger partial charge is 0.492 e. The molecule has 0 radical (unpaired) electrons. The first-order valence-electron chi connectivity index (χ1n) is 7.54. The average Bonchev–Trinajstić information content (AvgIpc) is 2.58. The van der Waals surface area contributed by atoms with Gasteiger partial charge in [-0.05, 0) is 34.9 Å². The number of rotatable bonds is 5. The second-order valence-corrected chi connectivity index (χ2v) is 5.76. The highest BCUT2D eigenvalue weighted by molar-refractivity contribution is 6.32. The fraction of sp³-hybridized carbons (Fsp3) is 0.100. The van der Waals surface area contributed by atoms with Crippen LogP contribution in [0, 0.1) is 0 Å². The van der Waals surface area contributed by atoms with Crippen molar-refractivity contribution in [2.75, 3.05) is 12.3 Å². The number of nitrogens with two attached hydrogens (primary N) is 1. The van der Waals surface area contributed by atoms with Gasteiger partial charge >= 0.3 is 0 Å². The Morgan fingerprint density at radius 2 is 1.52 bits per heavy atom. The first-order valence-corrected chi connectivity index (χ1v) is 7.92. The van der Waals surface area contributed by atoms with Gasteiger partial charge in [0.25, 0.3) is 0 Å². The van der Waals surface area contributed by atoms with Gasteiger partial charge in [-0.15, -0.1) is 0 Å². The Morgan fingerprint density at radius 1 is 0.826 bits per heavy atom. The van der Waals surface area contributed by atoms with E-state index >= 15 is 0 Å². The average molecular weight is 324 g/mol. The smallest absolute Gasteiger partial charge is 0.138 e. The Labute approximate surface area is 141 Å². The van der Waals surface area contributed by atoms with E-state index in [9.17, 15) is 0 Å². The van der Waals surface area contributed by atoms with Crippen LogP contribution < -0.4 is 10.5 Å². The van der Waals surface area contributed by atoms with Gasteiger partial charge in [-0.2, -0.15) is 0 Å².